The molecule has 0 spiro atoms. The van der Waals surface area contributed by atoms with E-state index in [1.807, 2.05) is 0 Å². The highest BCUT2D eigenvalue weighted by atomic mass is 32.1. The quantitative estimate of drug-likeness (QED) is 0.842. The van der Waals surface area contributed by atoms with E-state index in [4.69, 9.17) is 4.84 Å². The third-order valence-corrected chi connectivity index (χ3v) is 5.07. The van der Waals surface area contributed by atoms with Crippen LogP contribution in [0, 0.1) is 11.3 Å². The van der Waals surface area contributed by atoms with Gasteiger partial charge >= 0.3 is 0 Å². The second-order valence-corrected chi connectivity index (χ2v) is 6.54. The normalized spacial score (nSPS) is 17.1. The number of carbonyl (C=O) groups excluding carboxylic acids is 3. The lowest BCUT2D eigenvalue weighted by Crippen LogP contribution is -2.33. The molecular formula is C15H15N3O4S. The third-order valence-electron chi connectivity index (χ3n) is 3.87. The molecule has 1 fully saturated rings. The van der Waals surface area contributed by atoms with Crippen LogP contribution in [0.1, 0.15) is 41.7 Å². The molecule has 23 heavy (non-hydrogen) atoms. The molecule has 1 saturated heterocycles. The fourth-order valence-corrected chi connectivity index (χ4v) is 4.01. The van der Waals surface area contributed by atoms with Crippen molar-refractivity contribution in [3.63, 3.8) is 0 Å². The number of amides is 3. The van der Waals surface area contributed by atoms with Crippen molar-refractivity contribution in [2.45, 2.75) is 38.5 Å². The van der Waals surface area contributed by atoms with Crippen molar-refractivity contribution in [1.82, 2.24) is 5.06 Å². The van der Waals surface area contributed by atoms with Crippen LogP contribution in [0.3, 0.4) is 0 Å². The number of rotatable bonds is 4. The molecule has 0 radical (unpaired) electrons. The lowest BCUT2D eigenvalue weighted by molar-refractivity contribution is -0.187. The summed E-state index contributed by atoms with van der Waals surface area (Å²) >= 11 is 1.42. The van der Waals surface area contributed by atoms with Gasteiger partial charge in [0.2, 0.25) is 0 Å². The highest BCUT2D eigenvalue weighted by molar-refractivity contribution is 7.16. The highest BCUT2D eigenvalue weighted by Gasteiger charge is 2.31. The summed E-state index contributed by atoms with van der Waals surface area (Å²) < 4.78 is 0. The summed E-state index contributed by atoms with van der Waals surface area (Å²) in [5, 5.41) is 13.1. The number of aryl methyl sites for hydroxylation is 1. The van der Waals surface area contributed by atoms with Gasteiger partial charge in [-0.1, -0.05) is 0 Å². The average molecular weight is 333 g/mol. The fraction of sp³-hybridized carbons (Fsp3) is 0.467. The van der Waals surface area contributed by atoms with Crippen LogP contribution in [0.4, 0.5) is 5.00 Å². The molecule has 1 aliphatic carbocycles. The molecule has 1 N–H and O–H groups in total. The Bertz CT molecular complexity index is 703. The summed E-state index contributed by atoms with van der Waals surface area (Å²) in [7, 11) is 0. The molecular weight excluding hydrogens is 318 g/mol. The molecule has 1 aromatic rings. The Hall–Kier alpha value is -2.24. The summed E-state index contributed by atoms with van der Waals surface area (Å²) in [5.74, 6) is -1.37. The lowest BCUT2D eigenvalue weighted by Gasteiger charge is -2.12. The Balaban J connectivity index is 1.64. The van der Waals surface area contributed by atoms with Gasteiger partial charge in [-0.2, -0.15) is 10.3 Å². The number of thiophene rings is 1. The average Bonchev–Trinajstić information content (AvgIpc) is 3.05. The van der Waals surface area contributed by atoms with E-state index < -0.39 is 24.3 Å². The largest absolute Gasteiger partial charge is 0.314 e. The van der Waals surface area contributed by atoms with Crippen molar-refractivity contribution >= 4 is 34.1 Å². The summed E-state index contributed by atoms with van der Waals surface area (Å²) in [4.78, 5) is 40.9. The van der Waals surface area contributed by atoms with Gasteiger partial charge in [0.25, 0.3) is 17.7 Å². The maximum Gasteiger partial charge on any atom is 0.254 e. The molecule has 3 amide bonds. The number of hydrogen-bond donors (Lipinski definition) is 1. The molecule has 8 heteroatoms. The number of fused-ring (bicyclic) bond motifs is 1. The van der Waals surface area contributed by atoms with E-state index in [1.54, 1.807) is 0 Å². The topological polar surface area (TPSA) is 99.5 Å². The first-order valence-corrected chi connectivity index (χ1v) is 8.25. The number of nitrogens with zero attached hydrogens (tertiary/aromatic N) is 2. The summed E-state index contributed by atoms with van der Waals surface area (Å²) in [5.41, 5.74) is 1.55. The van der Waals surface area contributed by atoms with Crippen molar-refractivity contribution in [2.24, 2.45) is 0 Å². The molecule has 1 aromatic heterocycles. The lowest BCUT2D eigenvalue weighted by atomic mass is 9.96. The van der Waals surface area contributed by atoms with Crippen LogP contribution in [-0.2, 0) is 32.1 Å². The standard InChI is InChI=1S/C15H15N3O4S/c16-7-10-9-3-1-2-4-11(9)23-15(10)17-12(19)8-22-18-13(20)5-6-14(18)21/h1-6,8H2,(H,17,19). The van der Waals surface area contributed by atoms with Crippen molar-refractivity contribution in [2.75, 3.05) is 11.9 Å². The minimum Gasteiger partial charge on any atom is -0.314 e. The van der Waals surface area contributed by atoms with E-state index in [1.165, 1.54) is 11.3 Å². The van der Waals surface area contributed by atoms with Crippen molar-refractivity contribution in [3.8, 4) is 6.07 Å². The molecule has 7 nitrogen and oxygen atoms in total. The number of anilines is 1. The molecule has 120 valence electrons. The van der Waals surface area contributed by atoms with Crippen LogP contribution in [0.25, 0.3) is 0 Å². The van der Waals surface area contributed by atoms with Crippen molar-refractivity contribution in [3.05, 3.63) is 16.0 Å². The van der Waals surface area contributed by atoms with Crippen LogP contribution in [0.2, 0.25) is 0 Å². The smallest absolute Gasteiger partial charge is 0.254 e. The van der Waals surface area contributed by atoms with Gasteiger partial charge in [-0.3, -0.25) is 19.2 Å². The maximum absolute atomic E-state index is 12.0. The Kier molecular flexibility index (Phi) is 4.41. The Morgan fingerprint density at radius 2 is 1.91 bits per heavy atom. The number of hydroxylamine groups is 2. The van der Waals surface area contributed by atoms with E-state index >= 15 is 0 Å². The summed E-state index contributed by atoms with van der Waals surface area (Å²) in [6, 6.07) is 2.16. The second kappa shape index (κ2) is 6.48. The summed E-state index contributed by atoms with van der Waals surface area (Å²) in [6.07, 6.45) is 4.14. The van der Waals surface area contributed by atoms with Crippen LogP contribution in [0.5, 0.6) is 0 Å². The number of nitriles is 1. The number of imide groups is 1. The Labute approximate surface area is 136 Å². The summed E-state index contributed by atoms with van der Waals surface area (Å²) in [6.45, 7) is -0.440. The number of nitrogens with one attached hydrogen (secondary N) is 1. The van der Waals surface area contributed by atoms with Crippen LogP contribution < -0.4 is 5.32 Å². The molecule has 0 aromatic carbocycles. The zero-order chi connectivity index (χ0) is 16.4. The minimum atomic E-state index is -0.493. The van der Waals surface area contributed by atoms with Gasteiger partial charge in [0.1, 0.15) is 11.1 Å². The first-order chi connectivity index (χ1) is 11.1. The maximum atomic E-state index is 12.0. The van der Waals surface area contributed by atoms with Gasteiger partial charge in [0.05, 0.1) is 5.56 Å². The van der Waals surface area contributed by atoms with Gasteiger partial charge in [-0.05, 0) is 31.2 Å². The zero-order valence-corrected chi connectivity index (χ0v) is 13.2. The molecule has 0 unspecified atom stereocenters. The zero-order valence-electron chi connectivity index (χ0n) is 12.4. The molecule has 0 saturated carbocycles. The first kappa shape index (κ1) is 15.6. The van der Waals surface area contributed by atoms with Gasteiger partial charge in [0.15, 0.2) is 6.61 Å². The van der Waals surface area contributed by atoms with Gasteiger partial charge in [-0.25, -0.2) is 0 Å². The van der Waals surface area contributed by atoms with E-state index in [2.05, 4.69) is 11.4 Å². The SMILES string of the molecule is N#Cc1c(NC(=O)CON2C(=O)CCC2=O)sc2c1CCCC2. The minimum absolute atomic E-state index is 0.108. The van der Waals surface area contributed by atoms with E-state index in [0.717, 1.165) is 36.1 Å². The van der Waals surface area contributed by atoms with E-state index in [9.17, 15) is 19.6 Å². The predicted octanol–water partition coefficient (Wildman–Crippen LogP) is 1.52. The third kappa shape index (κ3) is 3.11. The molecule has 1 aliphatic heterocycles. The molecule has 2 aliphatic rings. The number of carbonyl (C=O) groups is 3. The van der Waals surface area contributed by atoms with Gasteiger partial charge < -0.3 is 5.32 Å². The van der Waals surface area contributed by atoms with E-state index in [-0.39, 0.29) is 12.8 Å². The van der Waals surface area contributed by atoms with Gasteiger partial charge in [0, 0.05) is 17.7 Å². The van der Waals surface area contributed by atoms with Crippen LogP contribution in [-0.4, -0.2) is 29.4 Å². The Morgan fingerprint density at radius 1 is 1.22 bits per heavy atom. The second-order valence-electron chi connectivity index (χ2n) is 5.43. The first-order valence-electron chi connectivity index (χ1n) is 7.43. The highest BCUT2D eigenvalue weighted by Crippen LogP contribution is 2.37. The van der Waals surface area contributed by atoms with E-state index in [0.29, 0.717) is 15.6 Å². The monoisotopic (exact) mass is 333 g/mol. The number of hydrogen-bond acceptors (Lipinski definition) is 6. The molecule has 2 heterocycles. The predicted molar refractivity (Wildman–Crippen MR) is 81.3 cm³/mol. The fourth-order valence-electron chi connectivity index (χ4n) is 2.76. The van der Waals surface area contributed by atoms with Gasteiger partial charge in [-0.15, -0.1) is 11.3 Å². The van der Waals surface area contributed by atoms with Crippen LogP contribution in [0.15, 0.2) is 0 Å². The van der Waals surface area contributed by atoms with Crippen molar-refractivity contribution in [1.29, 1.82) is 5.26 Å². The molecule has 0 atom stereocenters. The molecule has 3 rings (SSSR count). The molecule has 0 bridgehead atoms. The van der Waals surface area contributed by atoms with Crippen LogP contribution >= 0.6 is 11.3 Å². The Morgan fingerprint density at radius 3 is 2.61 bits per heavy atom. The van der Waals surface area contributed by atoms with Crippen molar-refractivity contribution < 1.29 is 19.2 Å².